The van der Waals surface area contributed by atoms with Gasteiger partial charge in [0.2, 0.25) is 15.9 Å². The minimum atomic E-state index is -3.65. The highest BCUT2D eigenvalue weighted by Crippen LogP contribution is 2.25. The van der Waals surface area contributed by atoms with Crippen molar-refractivity contribution in [2.75, 3.05) is 15.9 Å². The van der Waals surface area contributed by atoms with Crippen LogP contribution in [0.15, 0.2) is 48.5 Å². The molecule has 1 amide bonds. The Kier molecular flexibility index (Phi) is 7.07. The minimum absolute atomic E-state index is 0.0579. The van der Waals surface area contributed by atoms with Crippen LogP contribution >= 0.6 is 0 Å². The van der Waals surface area contributed by atoms with Crippen LogP contribution in [0.4, 0.5) is 11.4 Å². The van der Waals surface area contributed by atoms with Crippen LogP contribution in [0.25, 0.3) is 0 Å². The van der Waals surface area contributed by atoms with Gasteiger partial charge < -0.3 is 10.1 Å². The zero-order valence-corrected chi connectivity index (χ0v) is 17.8. The summed E-state index contributed by atoms with van der Waals surface area (Å²) in [4.78, 5) is 12.9. The summed E-state index contributed by atoms with van der Waals surface area (Å²) < 4.78 is 31.7. The van der Waals surface area contributed by atoms with Crippen molar-refractivity contribution >= 4 is 27.3 Å². The Morgan fingerprint density at radius 3 is 2.29 bits per heavy atom. The maximum atomic E-state index is 12.9. The Hall–Kier alpha value is -2.54. The molecule has 0 aliphatic rings. The molecule has 0 heterocycles. The quantitative estimate of drug-likeness (QED) is 0.722. The number of hydrogen-bond donors (Lipinski definition) is 1. The molecule has 0 radical (unpaired) electrons. The molecule has 2 rings (SSSR count). The van der Waals surface area contributed by atoms with E-state index in [1.165, 1.54) is 4.31 Å². The Bertz CT molecular complexity index is 908. The largest absolute Gasteiger partial charge is 0.491 e. The van der Waals surface area contributed by atoms with Crippen molar-refractivity contribution in [3.05, 3.63) is 54.1 Å². The summed E-state index contributed by atoms with van der Waals surface area (Å²) in [6, 6.07) is 13.3. The normalized spacial score (nSPS) is 12.5. The number of nitrogens with zero attached hydrogens (tertiary/aromatic N) is 1. The summed E-state index contributed by atoms with van der Waals surface area (Å²) in [6.07, 6.45) is 1.51. The first-order valence-corrected chi connectivity index (χ1v) is 11.1. The number of amides is 1. The van der Waals surface area contributed by atoms with Gasteiger partial charge in [-0.15, -0.1) is 0 Å². The van der Waals surface area contributed by atoms with Gasteiger partial charge in [-0.3, -0.25) is 9.10 Å². The standard InChI is InChI=1S/C21H28N2O4S/c1-6-20(23(28(5,25)26)18-9-7-8-16(4)14-18)21(24)22-17-10-12-19(13-11-17)27-15(2)3/h7-15,20H,6H2,1-5H3,(H,22,24). The minimum Gasteiger partial charge on any atom is -0.491 e. The Balaban J connectivity index is 2.26. The maximum Gasteiger partial charge on any atom is 0.248 e. The second-order valence-corrected chi connectivity index (χ2v) is 8.86. The lowest BCUT2D eigenvalue weighted by atomic mass is 10.1. The maximum absolute atomic E-state index is 12.9. The number of nitrogens with one attached hydrogen (secondary N) is 1. The van der Waals surface area contributed by atoms with Crippen LogP contribution < -0.4 is 14.4 Å². The van der Waals surface area contributed by atoms with Crippen molar-refractivity contribution in [3.63, 3.8) is 0 Å². The fourth-order valence-corrected chi connectivity index (χ4v) is 4.14. The number of sulfonamides is 1. The average Bonchev–Trinajstić information content (AvgIpc) is 2.59. The molecule has 0 bridgehead atoms. The zero-order chi connectivity index (χ0) is 20.9. The van der Waals surface area contributed by atoms with Gasteiger partial charge in [-0.2, -0.15) is 0 Å². The molecule has 0 saturated heterocycles. The first kappa shape index (κ1) is 21.8. The van der Waals surface area contributed by atoms with E-state index in [4.69, 9.17) is 4.74 Å². The van der Waals surface area contributed by atoms with Crippen molar-refractivity contribution in [1.82, 2.24) is 0 Å². The summed E-state index contributed by atoms with van der Waals surface area (Å²) >= 11 is 0. The Morgan fingerprint density at radius 1 is 1.14 bits per heavy atom. The Morgan fingerprint density at radius 2 is 1.79 bits per heavy atom. The molecule has 0 aliphatic heterocycles. The molecule has 0 saturated carbocycles. The van der Waals surface area contributed by atoms with Gasteiger partial charge >= 0.3 is 0 Å². The van der Waals surface area contributed by atoms with E-state index in [-0.39, 0.29) is 12.0 Å². The number of carbonyl (C=O) groups excluding carboxylic acids is 1. The van der Waals surface area contributed by atoms with Crippen LogP contribution in [0.2, 0.25) is 0 Å². The van der Waals surface area contributed by atoms with E-state index >= 15 is 0 Å². The lowest BCUT2D eigenvalue weighted by Crippen LogP contribution is -2.47. The third-order valence-electron chi connectivity index (χ3n) is 4.08. The van der Waals surface area contributed by atoms with Crippen molar-refractivity contribution in [2.45, 2.75) is 46.3 Å². The van der Waals surface area contributed by atoms with Crippen LogP contribution in [0.3, 0.4) is 0 Å². The lowest BCUT2D eigenvalue weighted by molar-refractivity contribution is -0.117. The van der Waals surface area contributed by atoms with E-state index in [1.807, 2.05) is 26.8 Å². The van der Waals surface area contributed by atoms with Gasteiger partial charge in [-0.1, -0.05) is 19.1 Å². The summed E-state index contributed by atoms with van der Waals surface area (Å²) in [5, 5.41) is 2.81. The van der Waals surface area contributed by atoms with Crippen LogP contribution in [-0.2, 0) is 14.8 Å². The molecule has 6 nitrogen and oxygen atoms in total. The van der Waals surface area contributed by atoms with Crippen molar-refractivity contribution in [1.29, 1.82) is 0 Å². The predicted octanol–water partition coefficient (Wildman–Crippen LogP) is 3.97. The van der Waals surface area contributed by atoms with E-state index in [9.17, 15) is 13.2 Å². The van der Waals surface area contributed by atoms with Gasteiger partial charge in [0.25, 0.3) is 0 Å². The molecule has 0 spiro atoms. The Labute approximate surface area is 167 Å². The molecule has 1 unspecified atom stereocenters. The van der Waals surface area contributed by atoms with Gasteiger partial charge in [0.15, 0.2) is 0 Å². The molecule has 1 atom stereocenters. The predicted molar refractivity (Wildman–Crippen MR) is 113 cm³/mol. The number of hydrogen-bond acceptors (Lipinski definition) is 4. The number of ether oxygens (including phenoxy) is 1. The highest BCUT2D eigenvalue weighted by atomic mass is 32.2. The molecular weight excluding hydrogens is 376 g/mol. The first-order valence-electron chi connectivity index (χ1n) is 9.25. The SMILES string of the molecule is CCC(C(=O)Nc1ccc(OC(C)C)cc1)N(c1cccc(C)c1)S(C)(=O)=O. The molecule has 0 aromatic heterocycles. The van der Waals surface area contributed by atoms with Gasteiger partial charge in [0.1, 0.15) is 11.8 Å². The fraction of sp³-hybridized carbons (Fsp3) is 0.381. The second kappa shape index (κ2) is 9.10. The molecular formula is C21H28N2O4S. The van der Waals surface area contributed by atoms with Crippen molar-refractivity contribution in [2.24, 2.45) is 0 Å². The van der Waals surface area contributed by atoms with E-state index in [0.29, 0.717) is 23.5 Å². The number of rotatable bonds is 8. The van der Waals surface area contributed by atoms with Crippen molar-refractivity contribution < 1.29 is 17.9 Å². The van der Waals surface area contributed by atoms with Gasteiger partial charge in [0, 0.05) is 5.69 Å². The van der Waals surface area contributed by atoms with E-state index in [1.54, 1.807) is 49.4 Å². The number of aryl methyl sites for hydroxylation is 1. The molecule has 152 valence electrons. The summed E-state index contributed by atoms with van der Waals surface area (Å²) in [5.74, 6) is 0.324. The molecule has 2 aromatic rings. The van der Waals surface area contributed by atoms with Crippen LogP contribution in [0.1, 0.15) is 32.8 Å². The molecule has 28 heavy (non-hydrogen) atoms. The van der Waals surface area contributed by atoms with Crippen LogP contribution in [0, 0.1) is 6.92 Å². The van der Waals surface area contributed by atoms with Crippen molar-refractivity contribution in [3.8, 4) is 5.75 Å². The van der Waals surface area contributed by atoms with E-state index < -0.39 is 16.1 Å². The number of anilines is 2. The highest BCUT2D eigenvalue weighted by Gasteiger charge is 2.31. The third kappa shape index (κ3) is 5.73. The summed E-state index contributed by atoms with van der Waals surface area (Å²) in [7, 11) is -3.65. The van der Waals surface area contributed by atoms with E-state index in [2.05, 4.69) is 5.32 Å². The average molecular weight is 405 g/mol. The van der Waals surface area contributed by atoms with Crippen LogP contribution in [-0.4, -0.2) is 32.7 Å². The highest BCUT2D eigenvalue weighted by molar-refractivity contribution is 7.92. The van der Waals surface area contributed by atoms with Crippen LogP contribution in [0.5, 0.6) is 5.75 Å². The fourth-order valence-electron chi connectivity index (χ4n) is 2.94. The summed E-state index contributed by atoms with van der Waals surface area (Å²) in [6.45, 7) is 7.54. The summed E-state index contributed by atoms with van der Waals surface area (Å²) in [5.41, 5.74) is 1.98. The van der Waals surface area contributed by atoms with Gasteiger partial charge in [-0.05, 0) is 69.2 Å². The second-order valence-electron chi connectivity index (χ2n) is 7.00. The van der Waals surface area contributed by atoms with E-state index in [0.717, 1.165) is 11.8 Å². The molecule has 2 aromatic carbocycles. The van der Waals surface area contributed by atoms with Gasteiger partial charge in [0.05, 0.1) is 18.0 Å². The zero-order valence-electron chi connectivity index (χ0n) is 17.0. The van der Waals surface area contributed by atoms with Gasteiger partial charge in [-0.25, -0.2) is 8.42 Å². The molecule has 1 N–H and O–H groups in total. The smallest absolute Gasteiger partial charge is 0.248 e. The molecule has 0 fully saturated rings. The topological polar surface area (TPSA) is 75.7 Å². The number of benzene rings is 2. The monoisotopic (exact) mass is 404 g/mol. The molecule has 7 heteroatoms. The lowest BCUT2D eigenvalue weighted by Gasteiger charge is -2.30. The number of carbonyl (C=O) groups is 1. The third-order valence-corrected chi connectivity index (χ3v) is 5.26. The molecule has 0 aliphatic carbocycles. The first-order chi connectivity index (χ1) is 13.1.